The number of hydrogen-bond acceptors (Lipinski definition) is 2. The van der Waals surface area contributed by atoms with Gasteiger partial charge >= 0.3 is 0 Å². The summed E-state index contributed by atoms with van der Waals surface area (Å²) in [4.78, 5) is 1.93. The maximum absolute atomic E-state index is 9.72. The average molecular weight is 335 g/mol. The third-order valence-corrected chi connectivity index (χ3v) is 3.65. The first-order chi connectivity index (χ1) is 10.5. The van der Waals surface area contributed by atoms with E-state index in [0.717, 1.165) is 11.3 Å². The number of nitrogens with one attached hydrogen (secondary N) is 1. The van der Waals surface area contributed by atoms with Crippen LogP contribution in [-0.2, 0) is 6.54 Å². The molecule has 3 nitrogen and oxygen atoms in total. The van der Waals surface area contributed by atoms with Crippen LogP contribution in [0, 0.1) is 0 Å². The summed E-state index contributed by atoms with van der Waals surface area (Å²) in [7, 11) is 0. The van der Waals surface area contributed by atoms with Gasteiger partial charge in [-0.25, -0.2) is 0 Å². The zero-order valence-electron chi connectivity index (χ0n) is 12.4. The minimum atomic E-state index is -0.477. The van der Waals surface area contributed by atoms with E-state index in [1.54, 1.807) is 6.92 Å². The summed E-state index contributed by atoms with van der Waals surface area (Å²) >= 11 is 11.5. The Bertz CT molecular complexity index is 619. The molecule has 2 N–H and O–H groups in total. The predicted molar refractivity (Wildman–Crippen MR) is 96.2 cm³/mol. The number of hydrogen-bond donors (Lipinski definition) is 2. The van der Waals surface area contributed by atoms with E-state index in [4.69, 9.17) is 23.8 Å². The van der Waals surface area contributed by atoms with Crippen molar-refractivity contribution in [2.24, 2.45) is 0 Å². The van der Waals surface area contributed by atoms with E-state index in [9.17, 15) is 5.11 Å². The predicted octanol–water partition coefficient (Wildman–Crippen LogP) is 3.92. The third kappa shape index (κ3) is 5.30. The smallest absolute Gasteiger partial charge is 0.173 e. The van der Waals surface area contributed by atoms with Gasteiger partial charge in [0.05, 0.1) is 6.10 Å². The highest BCUT2D eigenvalue weighted by Gasteiger charge is 2.13. The highest BCUT2D eigenvalue weighted by atomic mass is 35.5. The Morgan fingerprint density at radius 1 is 1.23 bits per heavy atom. The number of nitrogens with zero attached hydrogens (tertiary/aromatic N) is 1. The second kappa shape index (κ2) is 8.13. The van der Waals surface area contributed by atoms with Crippen molar-refractivity contribution >= 4 is 34.6 Å². The van der Waals surface area contributed by atoms with Crippen LogP contribution in [-0.4, -0.2) is 27.8 Å². The molecule has 0 aliphatic rings. The summed E-state index contributed by atoms with van der Waals surface area (Å²) in [6.07, 6.45) is -0.477. The number of rotatable bonds is 5. The van der Waals surface area contributed by atoms with Gasteiger partial charge in [0.2, 0.25) is 0 Å². The Kier molecular flexibility index (Phi) is 6.19. The molecule has 0 bridgehead atoms. The average Bonchev–Trinajstić information content (AvgIpc) is 2.47. The molecule has 0 aliphatic heterocycles. The fourth-order valence-corrected chi connectivity index (χ4v) is 2.59. The normalized spacial score (nSPS) is 11.8. The lowest BCUT2D eigenvalue weighted by Crippen LogP contribution is -2.38. The van der Waals surface area contributed by atoms with E-state index in [2.05, 4.69) is 5.32 Å². The summed E-state index contributed by atoms with van der Waals surface area (Å²) in [5.74, 6) is 0. The topological polar surface area (TPSA) is 35.5 Å². The minimum Gasteiger partial charge on any atom is -0.392 e. The second-order valence-electron chi connectivity index (χ2n) is 5.16. The van der Waals surface area contributed by atoms with E-state index in [-0.39, 0.29) is 0 Å². The molecule has 0 fully saturated rings. The highest BCUT2D eigenvalue weighted by molar-refractivity contribution is 7.80. The first kappa shape index (κ1) is 16.7. The van der Waals surface area contributed by atoms with E-state index in [0.29, 0.717) is 23.2 Å². The maximum Gasteiger partial charge on any atom is 0.173 e. The van der Waals surface area contributed by atoms with Crippen LogP contribution in [0.2, 0.25) is 5.02 Å². The van der Waals surface area contributed by atoms with Crippen LogP contribution < -0.4 is 5.32 Å². The number of halogens is 1. The maximum atomic E-state index is 9.72. The van der Waals surface area contributed by atoms with Gasteiger partial charge in [-0.05, 0) is 49.0 Å². The Morgan fingerprint density at radius 2 is 1.95 bits per heavy atom. The molecule has 0 saturated heterocycles. The molecule has 22 heavy (non-hydrogen) atoms. The zero-order chi connectivity index (χ0) is 15.9. The van der Waals surface area contributed by atoms with Gasteiger partial charge in [0.25, 0.3) is 0 Å². The first-order valence-corrected chi connectivity index (χ1v) is 7.86. The molecule has 0 amide bonds. The summed E-state index contributed by atoms with van der Waals surface area (Å²) in [6, 6.07) is 17.4. The molecule has 0 spiro atoms. The lowest BCUT2D eigenvalue weighted by molar-refractivity contribution is 0.158. The van der Waals surface area contributed by atoms with Crippen molar-refractivity contribution < 1.29 is 5.11 Å². The Labute approximate surface area is 141 Å². The number of benzene rings is 2. The van der Waals surface area contributed by atoms with Crippen LogP contribution in [0.4, 0.5) is 5.69 Å². The van der Waals surface area contributed by atoms with Gasteiger partial charge in [-0.3, -0.25) is 0 Å². The fraction of sp³-hybridized carbons (Fsp3) is 0.235. The highest BCUT2D eigenvalue weighted by Crippen LogP contribution is 2.14. The van der Waals surface area contributed by atoms with Gasteiger partial charge in [-0.1, -0.05) is 41.9 Å². The number of para-hydroxylation sites is 1. The largest absolute Gasteiger partial charge is 0.392 e. The molecule has 0 aliphatic carbocycles. The van der Waals surface area contributed by atoms with Crippen molar-refractivity contribution in [3.8, 4) is 0 Å². The molecule has 0 saturated carbocycles. The lowest BCUT2D eigenvalue weighted by Gasteiger charge is -2.27. The Balaban J connectivity index is 2.09. The van der Waals surface area contributed by atoms with Crippen LogP contribution in [0.1, 0.15) is 12.5 Å². The number of aliphatic hydroxyl groups is 1. The standard InChI is InChI=1S/C17H19ClN2OS/c1-13(21)11-20(12-14-6-5-7-15(18)10-14)17(22)19-16-8-3-2-4-9-16/h2-10,13,21H,11-12H2,1H3,(H,19,22)/t13-/m0/s1. The molecule has 0 radical (unpaired) electrons. The van der Waals surface area contributed by atoms with E-state index < -0.39 is 6.10 Å². The molecular formula is C17H19ClN2OS. The molecule has 116 valence electrons. The van der Waals surface area contributed by atoms with Gasteiger partial charge in [0.1, 0.15) is 0 Å². The SMILES string of the molecule is C[C@H](O)CN(Cc1cccc(Cl)c1)C(=S)Nc1ccccc1. The quantitative estimate of drug-likeness (QED) is 0.812. The summed E-state index contributed by atoms with van der Waals surface area (Å²) in [5.41, 5.74) is 1.97. The molecule has 2 aromatic carbocycles. The van der Waals surface area contributed by atoms with E-state index in [1.165, 1.54) is 0 Å². The van der Waals surface area contributed by atoms with Crippen LogP contribution >= 0.6 is 23.8 Å². The van der Waals surface area contributed by atoms with Gasteiger partial charge in [0.15, 0.2) is 5.11 Å². The van der Waals surface area contributed by atoms with Gasteiger partial charge < -0.3 is 15.3 Å². The van der Waals surface area contributed by atoms with Crippen LogP contribution in [0.25, 0.3) is 0 Å². The van der Waals surface area contributed by atoms with Crippen LogP contribution in [0.3, 0.4) is 0 Å². The monoisotopic (exact) mass is 334 g/mol. The molecule has 5 heteroatoms. The summed E-state index contributed by atoms with van der Waals surface area (Å²) in [5, 5.41) is 14.2. The lowest BCUT2D eigenvalue weighted by atomic mass is 10.2. The number of aliphatic hydroxyl groups excluding tert-OH is 1. The second-order valence-corrected chi connectivity index (χ2v) is 5.98. The summed E-state index contributed by atoms with van der Waals surface area (Å²) in [6.45, 7) is 2.78. The molecule has 0 unspecified atom stereocenters. The van der Waals surface area contributed by atoms with Crippen molar-refractivity contribution in [2.45, 2.75) is 19.6 Å². The van der Waals surface area contributed by atoms with Crippen molar-refractivity contribution in [2.75, 3.05) is 11.9 Å². The minimum absolute atomic E-state index is 0.450. The summed E-state index contributed by atoms with van der Waals surface area (Å²) < 4.78 is 0. The molecule has 0 aromatic heterocycles. The van der Waals surface area contributed by atoms with Crippen LogP contribution in [0.5, 0.6) is 0 Å². The number of anilines is 1. The Morgan fingerprint density at radius 3 is 2.59 bits per heavy atom. The van der Waals surface area contributed by atoms with Crippen molar-refractivity contribution in [3.63, 3.8) is 0 Å². The first-order valence-electron chi connectivity index (χ1n) is 7.08. The van der Waals surface area contributed by atoms with Crippen molar-refractivity contribution in [1.82, 2.24) is 4.90 Å². The van der Waals surface area contributed by atoms with Crippen LogP contribution in [0.15, 0.2) is 54.6 Å². The molecule has 1 atom stereocenters. The van der Waals surface area contributed by atoms with Gasteiger partial charge in [-0.15, -0.1) is 0 Å². The third-order valence-electron chi connectivity index (χ3n) is 3.06. The van der Waals surface area contributed by atoms with Gasteiger partial charge in [0, 0.05) is 23.8 Å². The van der Waals surface area contributed by atoms with E-state index in [1.807, 2.05) is 59.5 Å². The van der Waals surface area contributed by atoms with E-state index >= 15 is 0 Å². The molecule has 2 aromatic rings. The molecule has 0 heterocycles. The fourth-order valence-electron chi connectivity index (χ4n) is 2.12. The number of thiocarbonyl (C=S) groups is 1. The zero-order valence-corrected chi connectivity index (χ0v) is 13.9. The van der Waals surface area contributed by atoms with Crippen molar-refractivity contribution in [3.05, 3.63) is 65.2 Å². The van der Waals surface area contributed by atoms with Crippen molar-refractivity contribution in [1.29, 1.82) is 0 Å². The molecule has 2 rings (SSSR count). The van der Waals surface area contributed by atoms with Gasteiger partial charge in [-0.2, -0.15) is 0 Å². The molecular weight excluding hydrogens is 316 g/mol. The Hall–Kier alpha value is -1.62.